The van der Waals surface area contributed by atoms with E-state index in [0.717, 1.165) is 0 Å². The molecule has 0 heterocycles. The Balaban J connectivity index is 0. The molecule has 0 aliphatic carbocycles. The van der Waals surface area contributed by atoms with Crippen molar-refractivity contribution in [3.63, 3.8) is 0 Å². The van der Waals surface area contributed by atoms with Gasteiger partial charge in [0.1, 0.15) is 0 Å². The molecule has 0 aliphatic heterocycles. The van der Waals surface area contributed by atoms with Crippen molar-refractivity contribution in [1.82, 2.24) is 0 Å². The average molecular weight is 268 g/mol. The van der Waals surface area contributed by atoms with Crippen molar-refractivity contribution in [2.75, 3.05) is 6.54 Å². The summed E-state index contributed by atoms with van der Waals surface area (Å²) in [6, 6.07) is 0. The summed E-state index contributed by atoms with van der Waals surface area (Å²) in [5.74, 6) is 0. The van der Waals surface area contributed by atoms with Crippen molar-refractivity contribution in [2.45, 2.75) is 0 Å². The average Bonchev–Trinajstić information content (AvgIpc) is 1.37. The third kappa shape index (κ3) is 12.2. The molecule has 1 nitrogen and oxygen atoms in total. The topological polar surface area (TPSA) is 26.0 Å². The second kappa shape index (κ2) is 8.82. The van der Waals surface area contributed by atoms with E-state index in [0.29, 0.717) is 6.54 Å². The van der Waals surface area contributed by atoms with E-state index < -0.39 is 0 Å². The minimum atomic E-state index is 0. The monoisotopic (exact) mass is 268 g/mol. The van der Waals surface area contributed by atoms with Crippen LogP contribution in [0.4, 0.5) is 0 Å². The Hall–Kier alpha value is 0.596. The van der Waals surface area contributed by atoms with Crippen molar-refractivity contribution >= 4 is 26.6 Å². The van der Waals surface area contributed by atoms with E-state index in [4.69, 9.17) is 5.73 Å². The normalized spacial score (nSPS) is 5.00. The first-order valence-corrected chi connectivity index (χ1v) is 1.22. The first-order chi connectivity index (χ1) is 1.91. The van der Waals surface area contributed by atoms with E-state index in [2.05, 4.69) is 6.58 Å². The minimum absolute atomic E-state index is 0. The fraction of sp³-hybridized carbons (Fsp3) is 0.333. The maximum atomic E-state index is 4.91. The molecule has 0 amide bonds. The predicted octanol–water partition coefficient (Wildman–Crippen LogP) is -0.785. The molecular formula is C3H9NPo. The van der Waals surface area contributed by atoms with Gasteiger partial charge in [-0.1, -0.05) is 6.08 Å². The van der Waals surface area contributed by atoms with E-state index in [-0.39, 0.29) is 26.6 Å². The summed E-state index contributed by atoms with van der Waals surface area (Å²) in [5, 5.41) is 0. The van der Waals surface area contributed by atoms with Crippen molar-refractivity contribution in [2.24, 2.45) is 5.73 Å². The Morgan fingerprint density at radius 3 is 2.00 bits per heavy atom. The van der Waals surface area contributed by atoms with Crippen LogP contribution in [-0.2, 0) is 0 Å². The molecule has 0 saturated heterocycles. The van der Waals surface area contributed by atoms with Crippen LogP contribution in [0.15, 0.2) is 12.7 Å². The van der Waals surface area contributed by atoms with E-state index in [1.54, 1.807) is 6.08 Å². The van der Waals surface area contributed by atoms with Crippen LogP contribution < -0.4 is 5.73 Å². The van der Waals surface area contributed by atoms with Gasteiger partial charge < -0.3 is 5.73 Å². The maximum absolute atomic E-state index is 4.91. The summed E-state index contributed by atoms with van der Waals surface area (Å²) in [7, 11) is 0. The summed E-state index contributed by atoms with van der Waals surface area (Å²) in [4.78, 5) is 0. The summed E-state index contributed by atoms with van der Waals surface area (Å²) >= 11 is 0. The van der Waals surface area contributed by atoms with Crippen LogP contribution in [0, 0.1) is 0 Å². The summed E-state index contributed by atoms with van der Waals surface area (Å²) in [6.45, 7) is 3.94. The van der Waals surface area contributed by atoms with E-state index in [1.165, 1.54) is 0 Å². The Kier molecular flexibility index (Phi) is 16.1. The molecule has 0 aromatic rings. The number of hydrogen-bond donors (Lipinski definition) is 1. The molecule has 0 fully saturated rings. The van der Waals surface area contributed by atoms with Crippen LogP contribution in [-0.4, -0.2) is 33.1 Å². The molecule has 0 radical (unpaired) electrons. The van der Waals surface area contributed by atoms with Gasteiger partial charge in [-0.3, -0.25) is 0 Å². The fourth-order valence-corrected chi connectivity index (χ4v) is 0. The molecule has 0 aliphatic rings. The van der Waals surface area contributed by atoms with Gasteiger partial charge in [0.2, 0.25) is 0 Å². The number of nitrogens with two attached hydrogens (primary N) is 1. The Morgan fingerprint density at radius 2 is 2.00 bits per heavy atom. The second-order valence-electron chi connectivity index (χ2n) is 0.524. The molecular weight excluding hydrogens is 259 g/mol. The van der Waals surface area contributed by atoms with E-state index in [1.807, 2.05) is 0 Å². The van der Waals surface area contributed by atoms with Crippen LogP contribution >= 0.6 is 0 Å². The van der Waals surface area contributed by atoms with Crippen LogP contribution in [0.3, 0.4) is 0 Å². The third-order valence-corrected chi connectivity index (χ3v) is 0.167. The zero-order chi connectivity index (χ0) is 3.41. The zero-order valence-electron chi connectivity index (χ0n) is 3.07. The Labute approximate surface area is 51.7 Å². The van der Waals surface area contributed by atoms with Crippen LogP contribution in [0.1, 0.15) is 0 Å². The van der Waals surface area contributed by atoms with Crippen LogP contribution in [0.5, 0.6) is 0 Å². The van der Waals surface area contributed by atoms with Crippen molar-refractivity contribution in [1.29, 1.82) is 0 Å². The summed E-state index contributed by atoms with van der Waals surface area (Å²) in [6.07, 6.45) is 1.65. The van der Waals surface area contributed by atoms with Gasteiger partial charge in [0.05, 0.1) is 0 Å². The van der Waals surface area contributed by atoms with Gasteiger partial charge in [-0.05, 0) is 0 Å². The van der Waals surface area contributed by atoms with Crippen molar-refractivity contribution in [3.05, 3.63) is 12.7 Å². The molecule has 0 atom stereocenters. The molecule has 0 aromatic carbocycles. The predicted molar refractivity (Wildman–Crippen MR) is 27.8 cm³/mol. The van der Waals surface area contributed by atoms with E-state index >= 15 is 0 Å². The fourth-order valence-electron chi connectivity index (χ4n) is 0. The van der Waals surface area contributed by atoms with Crippen LogP contribution in [0.25, 0.3) is 0 Å². The van der Waals surface area contributed by atoms with Gasteiger partial charge in [-0.15, -0.1) is 6.58 Å². The third-order valence-electron chi connectivity index (χ3n) is 0.167. The van der Waals surface area contributed by atoms with Crippen molar-refractivity contribution in [3.8, 4) is 0 Å². The molecule has 0 rings (SSSR count). The molecule has 0 unspecified atom stereocenters. The van der Waals surface area contributed by atoms with Gasteiger partial charge in [0, 0.05) is 6.54 Å². The molecule has 0 spiro atoms. The Bertz CT molecular complexity index is 20.9. The molecule has 32 valence electrons. The summed E-state index contributed by atoms with van der Waals surface area (Å²) in [5.41, 5.74) is 4.91. The quantitative estimate of drug-likeness (QED) is 0.620. The second-order valence-corrected chi connectivity index (χ2v) is 0.524. The molecule has 2 heteroatoms. The first-order valence-electron chi connectivity index (χ1n) is 1.22. The molecule has 0 bridgehead atoms. The summed E-state index contributed by atoms with van der Waals surface area (Å²) < 4.78 is 0. The van der Waals surface area contributed by atoms with Gasteiger partial charge in [-0.25, -0.2) is 0 Å². The van der Waals surface area contributed by atoms with Gasteiger partial charge >= 0.3 is 26.6 Å². The SMILES string of the molecule is C=CCN.[PoH2]. The molecule has 0 saturated carbocycles. The van der Waals surface area contributed by atoms with Gasteiger partial charge in [0.15, 0.2) is 0 Å². The van der Waals surface area contributed by atoms with E-state index in [9.17, 15) is 0 Å². The van der Waals surface area contributed by atoms with Gasteiger partial charge in [-0.2, -0.15) is 0 Å². The zero-order valence-corrected chi connectivity index (χ0v) is 6.96. The Morgan fingerprint density at radius 1 is 1.80 bits per heavy atom. The van der Waals surface area contributed by atoms with Crippen LogP contribution in [0.2, 0.25) is 0 Å². The number of rotatable bonds is 1. The molecule has 0 aromatic heterocycles. The molecule has 2 N–H and O–H groups in total. The standard InChI is InChI=1S/C3H7N.Po.2H/c1-2-3-4;;;/h2H,1,3-4H2;;;. The van der Waals surface area contributed by atoms with Crippen molar-refractivity contribution < 1.29 is 0 Å². The number of hydrogen-bond acceptors (Lipinski definition) is 1. The molecule has 5 heavy (non-hydrogen) atoms. The van der Waals surface area contributed by atoms with Gasteiger partial charge in [0.25, 0.3) is 0 Å². The first kappa shape index (κ1) is 9.14.